The zero-order valence-electron chi connectivity index (χ0n) is 13.0. The number of anilines is 2. The molecule has 2 aromatic rings. The molecule has 8 heteroatoms. The largest absolute Gasteiger partial charge is 0.279 e. The second-order valence-electron chi connectivity index (χ2n) is 5.45. The zero-order chi connectivity index (χ0) is 16.6. The Balaban J connectivity index is 2.03. The number of nitrogens with zero attached hydrogens (tertiary/aromatic N) is 3. The van der Waals surface area contributed by atoms with E-state index in [1.165, 1.54) is 10.6 Å². The lowest BCUT2D eigenvalue weighted by atomic mass is 10.2. The van der Waals surface area contributed by atoms with Gasteiger partial charge in [-0.1, -0.05) is 25.1 Å². The maximum atomic E-state index is 12.4. The summed E-state index contributed by atoms with van der Waals surface area (Å²) in [6.07, 6.45) is 1.50. The van der Waals surface area contributed by atoms with Gasteiger partial charge in [-0.05, 0) is 12.1 Å². The van der Waals surface area contributed by atoms with Crippen LogP contribution in [0.4, 0.5) is 11.5 Å². The van der Waals surface area contributed by atoms with E-state index in [-0.39, 0.29) is 19.0 Å². The summed E-state index contributed by atoms with van der Waals surface area (Å²) in [7, 11) is -3.29. The summed E-state index contributed by atoms with van der Waals surface area (Å²) in [6, 6.07) is 9.23. The molecule has 2 heterocycles. The number of sulfonamides is 1. The maximum Gasteiger partial charge on any atom is 0.232 e. The van der Waals surface area contributed by atoms with E-state index in [1.54, 1.807) is 11.8 Å². The third-order valence-corrected chi connectivity index (χ3v) is 5.04. The van der Waals surface area contributed by atoms with Crippen LogP contribution in [0, 0.1) is 0 Å². The lowest BCUT2D eigenvalue weighted by molar-refractivity contribution is -0.117. The second-order valence-corrected chi connectivity index (χ2v) is 7.44. The Morgan fingerprint density at radius 3 is 2.61 bits per heavy atom. The van der Waals surface area contributed by atoms with E-state index in [9.17, 15) is 13.2 Å². The number of aromatic nitrogens is 2. The smallest absolute Gasteiger partial charge is 0.232 e. The molecule has 0 saturated carbocycles. The van der Waals surface area contributed by atoms with Crippen LogP contribution in [0.5, 0.6) is 0 Å². The molecule has 1 aromatic carbocycles. The fraction of sp³-hybridized carbons (Fsp3) is 0.333. The van der Waals surface area contributed by atoms with Gasteiger partial charge in [0.05, 0.1) is 24.2 Å². The molecule has 0 spiro atoms. The van der Waals surface area contributed by atoms with Crippen LogP contribution < -0.4 is 4.90 Å². The van der Waals surface area contributed by atoms with Crippen LogP contribution in [0.3, 0.4) is 0 Å². The Morgan fingerprint density at radius 1 is 1.30 bits per heavy atom. The number of para-hydroxylation sites is 1. The topological polar surface area (TPSA) is 86.4 Å². The van der Waals surface area contributed by atoms with E-state index >= 15 is 0 Å². The third-order valence-electron chi connectivity index (χ3n) is 3.85. The lowest BCUT2D eigenvalue weighted by Gasteiger charge is -2.21. The van der Waals surface area contributed by atoms with Crippen molar-refractivity contribution in [2.45, 2.75) is 26.4 Å². The highest BCUT2D eigenvalue weighted by molar-refractivity contribution is 7.88. The van der Waals surface area contributed by atoms with Crippen LogP contribution in [-0.2, 0) is 27.9 Å². The summed E-state index contributed by atoms with van der Waals surface area (Å²) in [5.41, 5.74) is 2.20. The van der Waals surface area contributed by atoms with E-state index in [2.05, 4.69) is 10.2 Å². The lowest BCUT2D eigenvalue weighted by Crippen LogP contribution is -2.28. The van der Waals surface area contributed by atoms with Gasteiger partial charge in [-0.3, -0.25) is 14.8 Å². The first-order valence-electron chi connectivity index (χ1n) is 7.31. The number of H-pyrrole nitrogens is 1. The third kappa shape index (κ3) is 2.87. The summed E-state index contributed by atoms with van der Waals surface area (Å²) in [6.45, 7) is 2.26. The summed E-state index contributed by atoms with van der Waals surface area (Å²) in [4.78, 5) is 14.0. The number of nitrogens with one attached hydrogen (secondary N) is 1. The summed E-state index contributed by atoms with van der Waals surface area (Å²) in [5, 5.41) is 7.13. The van der Waals surface area contributed by atoms with E-state index in [0.717, 1.165) is 11.3 Å². The minimum absolute atomic E-state index is 0.0942. The van der Waals surface area contributed by atoms with Crippen LogP contribution in [0.15, 0.2) is 30.3 Å². The van der Waals surface area contributed by atoms with Gasteiger partial charge in [-0.25, -0.2) is 8.42 Å². The SMILES string of the molecule is CCC(=O)N(c1ccccc1)c1n[nH]c2c1CN(S(C)(=O)=O)C2. The maximum absolute atomic E-state index is 12.4. The molecule has 0 aliphatic carbocycles. The number of amides is 1. The predicted octanol–water partition coefficient (Wildman–Crippen LogP) is 1.76. The van der Waals surface area contributed by atoms with Gasteiger partial charge in [0.15, 0.2) is 5.82 Å². The fourth-order valence-electron chi connectivity index (χ4n) is 2.63. The highest BCUT2D eigenvalue weighted by Crippen LogP contribution is 2.34. The molecular weight excluding hydrogens is 316 g/mol. The Labute approximate surface area is 135 Å². The summed E-state index contributed by atoms with van der Waals surface area (Å²) >= 11 is 0. The van der Waals surface area contributed by atoms with Gasteiger partial charge in [0, 0.05) is 18.5 Å². The molecule has 1 aliphatic rings. The Bertz CT molecular complexity index is 830. The number of aromatic amines is 1. The van der Waals surface area contributed by atoms with Gasteiger partial charge in [0.2, 0.25) is 15.9 Å². The van der Waals surface area contributed by atoms with E-state index < -0.39 is 10.0 Å². The average Bonchev–Trinajstić information content (AvgIpc) is 3.10. The molecule has 0 saturated heterocycles. The molecular formula is C15H18N4O3S. The second kappa shape index (κ2) is 5.78. The van der Waals surface area contributed by atoms with Gasteiger partial charge >= 0.3 is 0 Å². The van der Waals surface area contributed by atoms with Gasteiger partial charge in [0.25, 0.3) is 0 Å². The van der Waals surface area contributed by atoms with Crippen molar-refractivity contribution in [2.24, 2.45) is 0 Å². The molecule has 1 N–H and O–H groups in total. The fourth-order valence-corrected chi connectivity index (χ4v) is 3.36. The molecule has 0 radical (unpaired) electrons. The van der Waals surface area contributed by atoms with Crippen LogP contribution in [0.2, 0.25) is 0 Å². The number of hydrogen-bond acceptors (Lipinski definition) is 4. The van der Waals surface area contributed by atoms with E-state index in [1.807, 2.05) is 30.3 Å². The molecule has 7 nitrogen and oxygen atoms in total. The molecule has 1 aliphatic heterocycles. The van der Waals surface area contributed by atoms with E-state index in [0.29, 0.717) is 17.9 Å². The highest BCUT2D eigenvalue weighted by Gasteiger charge is 2.33. The molecule has 3 rings (SSSR count). The first-order valence-corrected chi connectivity index (χ1v) is 9.16. The number of carbonyl (C=O) groups excluding carboxylic acids is 1. The number of carbonyl (C=O) groups is 1. The molecule has 0 unspecified atom stereocenters. The van der Waals surface area contributed by atoms with Crippen LogP contribution in [-0.4, -0.2) is 35.1 Å². The molecule has 0 bridgehead atoms. The molecule has 122 valence electrons. The molecule has 1 amide bonds. The van der Waals surface area contributed by atoms with Crippen LogP contribution >= 0.6 is 0 Å². The van der Waals surface area contributed by atoms with Crippen molar-refractivity contribution >= 4 is 27.4 Å². The summed E-state index contributed by atoms with van der Waals surface area (Å²) in [5.74, 6) is 0.382. The summed E-state index contributed by atoms with van der Waals surface area (Å²) < 4.78 is 24.9. The standard InChI is InChI=1S/C15H18N4O3S/c1-3-14(20)19(11-7-5-4-6-8-11)15-12-9-18(23(2,21)22)10-13(12)16-17-15/h4-8H,3,9-10H2,1-2H3,(H,16,17). The van der Waals surface area contributed by atoms with Crippen LogP contribution in [0.25, 0.3) is 0 Å². The Hall–Kier alpha value is -2.19. The highest BCUT2D eigenvalue weighted by atomic mass is 32.2. The Kier molecular flexibility index (Phi) is 3.95. The number of hydrogen-bond donors (Lipinski definition) is 1. The molecule has 0 fully saturated rings. The average molecular weight is 334 g/mol. The van der Waals surface area contributed by atoms with Crippen molar-refractivity contribution < 1.29 is 13.2 Å². The van der Waals surface area contributed by atoms with Crippen molar-refractivity contribution in [3.8, 4) is 0 Å². The van der Waals surface area contributed by atoms with Crippen molar-refractivity contribution in [1.82, 2.24) is 14.5 Å². The van der Waals surface area contributed by atoms with Gasteiger partial charge in [0.1, 0.15) is 0 Å². The van der Waals surface area contributed by atoms with Gasteiger partial charge in [-0.2, -0.15) is 9.40 Å². The van der Waals surface area contributed by atoms with Crippen molar-refractivity contribution in [2.75, 3.05) is 11.2 Å². The number of rotatable bonds is 4. The minimum Gasteiger partial charge on any atom is -0.279 e. The first-order chi connectivity index (χ1) is 10.9. The molecule has 23 heavy (non-hydrogen) atoms. The van der Waals surface area contributed by atoms with Crippen molar-refractivity contribution in [3.63, 3.8) is 0 Å². The van der Waals surface area contributed by atoms with Crippen molar-refractivity contribution in [1.29, 1.82) is 0 Å². The quantitative estimate of drug-likeness (QED) is 0.923. The van der Waals surface area contributed by atoms with Gasteiger partial charge in [-0.15, -0.1) is 0 Å². The molecule has 1 aromatic heterocycles. The number of benzene rings is 1. The van der Waals surface area contributed by atoms with Crippen LogP contribution in [0.1, 0.15) is 24.6 Å². The normalized spacial score (nSPS) is 14.7. The minimum atomic E-state index is -3.29. The van der Waals surface area contributed by atoms with Crippen molar-refractivity contribution in [3.05, 3.63) is 41.6 Å². The van der Waals surface area contributed by atoms with Gasteiger partial charge < -0.3 is 0 Å². The predicted molar refractivity (Wildman–Crippen MR) is 86.6 cm³/mol. The zero-order valence-corrected chi connectivity index (χ0v) is 13.8. The van der Waals surface area contributed by atoms with E-state index in [4.69, 9.17) is 0 Å². The monoisotopic (exact) mass is 334 g/mol. The Morgan fingerprint density at radius 2 is 2.00 bits per heavy atom. The number of fused-ring (bicyclic) bond motifs is 1. The first kappa shape index (κ1) is 15.7. The molecule has 0 atom stereocenters.